The lowest BCUT2D eigenvalue weighted by Gasteiger charge is -2.03. The number of ether oxygens (including phenoxy) is 1. The molecule has 13 heavy (non-hydrogen) atoms. The molecule has 70 valence electrons. The average Bonchev–Trinajstić information content (AvgIpc) is 2.23. The molecule has 0 radical (unpaired) electrons. The van der Waals surface area contributed by atoms with Crippen molar-refractivity contribution in [3.8, 4) is 18.6 Å². The highest BCUT2D eigenvalue weighted by atomic mass is 16.5. The van der Waals surface area contributed by atoms with Crippen LogP contribution in [0.5, 0.6) is 5.75 Å². The molecule has 0 N–H and O–H groups in total. The smallest absolute Gasteiger partial charge is 0.119 e. The van der Waals surface area contributed by atoms with E-state index in [4.69, 9.17) is 4.74 Å². The molecule has 1 rings (SSSR count). The van der Waals surface area contributed by atoms with E-state index < -0.39 is 0 Å². The van der Waals surface area contributed by atoms with Gasteiger partial charge in [-0.1, -0.05) is 31.5 Å². The van der Waals surface area contributed by atoms with Gasteiger partial charge < -0.3 is 4.74 Å². The minimum atomic E-state index is 0.834. The molecule has 1 nitrogen and oxygen atoms in total. The van der Waals surface area contributed by atoms with Crippen molar-refractivity contribution in [3.63, 3.8) is 0 Å². The summed E-state index contributed by atoms with van der Waals surface area (Å²) in [6.07, 6.45) is 10.3. The van der Waals surface area contributed by atoms with Crippen molar-refractivity contribution in [1.29, 1.82) is 0 Å². The van der Waals surface area contributed by atoms with E-state index in [0.717, 1.165) is 18.8 Å². The lowest BCUT2D eigenvalue weighted by atomic mass is 10.3. The third-order valence-corrected chi connectivity index (χ3v) is 1.51. The van der Waals surface area contributed by atoms with Gasteiger partial charge in [-0.05, 0) is 18.6 Å². The molecule has 0 saturated heterocycles. The van der Waals surface area contributed by atoms with Gasteiger partial charge in [0.25, 0.3) is 0 Å². The number of benzene rings is 1. The zero-order valence-electron chi connectivity index (χ0n) is 8.07. The van der Waals surface area contributed by atoms with Crippen LogP contribution < -0.4 is 4.74 Å². The van der Waals surface area contributed by atoms with Gasteiger partial charge in [-0.2, -0.15) is 0 Å². The van der Waals surface area contributed by atoms with Gasteiger partial charge in [0.15, 0.2) is 0 Å². The fraction of sp³-hybridized carbons (Fsp3) is 0.333. The van der Waals surface area contributed by atoms with Gasteiger partial charge in [-0.3, -0.25) is 0 Å². The van der Waals surface area contributed by atoms with Crippen molar-refractivity contribution in [1.82, 2.24) is 0 Å². The Morgan fingerprint density at radius 3 is 2.31 bits per heavy atom. The maximum atomic E-state index is 5.45. The van der Waals surface area contributed by atoms with Gasteiger partial charge in [0.1, 0.15) is 5.75 Å². The standard InChI is InChI=1S/C10H14O.C2H2/c1-2-3-9-11-10-7-5-4-6-8-10;1-2/h4-8H,2-3,9H2,1H3;1-2H. The molecule has 0 spiro atoms. The zero-order chi connectivity index (χ0) is 9.94. The summed E-state index contributed by atoms with van der Waals surface area (Å²) in [5.41, 5.74) is 0. The molecule has 0 aromatic heterocycles. The normalized spacial score (nSPS) is 8.23. The van der Waals surface area contributed by atoms with Crippen molar-refractivity contribution in [2.45, 2.75) is 19.8 Å². The molecule has 1 heteroatoms. The molecule has 1 aromatic rings. The fourth-order valence-corrected chi connectivity index (χ4v) is 0.851. The first-order chi connectivity index (χ1) is 6.43. The Morgan fingerprint density at radius 1 is 1.15 bits per heavy atom. The van der Waals surface area contributed by atoms with E-state index in [2.05, 4.69) is 19.8 Å². The number of unbranched alkanes of at least 4 members (excludes halogenated alkanes) is 1. The lowest BCUT2D eigenvalue weighted by Crippen LogP contribution is -1.95. The molecule has 0 unspecified atom stereocenters. The third-order valence-electron chi connectivity index (χ3n) is 1.51. The maximum absolute atomic E-state index is 5.45. The minimum absolute atomic E-state index is 0.834. The Bertz CT molecular complexity index is 213. The number of hydrogen-bond donors (Lipinski definition) is 0. The molecular weight excluding hydrogens is 160 g/mol. The minimum Gasteiger partial charge on any atom is -0.494 e. The number of terminal acetylenes is 1. The fourth-order valence-electron chi connectivity index (χ4n) is 0.851. The number of para-hydroxylation sites is 1. The Hall–Kier alpha value is -1.42. The first kappa shape index (κ1) is 11.6. The number of rotatable bonds is 4. The quantitative estimate of drug-likeness (QED) is 0.506. The van der Waals surface area contributed by atoms with Crippen molar-refractivity contribution < 1.29 is 4.74 Å². The van der Waals surface area contributed by atoms with Crippen LogP contribution in [0.2, 0.25) is 0 Å². The van der Waals surface area contributed by atoms with Crippen LogP contribution in [-0.2, 0) is 0 Å². The van der Waals surface area contributed by atoms with Crippen LogP contribution in [0.1, 0.15) is 19.8 Å². The Kier molecular flexibility index (Phi) is 7.73. The summed E-state index contributed by atoms with van der Waals surface area (Å²) in [6.45, 7) is 2.99. The van der Waals surface area contributed by atoms with Gasteiger partial charge in [-0.25, -0.2) is 0 Å². The molecule has 1 aromatic carbocycles. The second-order valence-corrected chi connectivity index (χ2v) is 2.52. The highest BCUT2D eigenvalue weighted by molar-refractivity contribution is 5.20. The first-order valence-corrected chi connectivity index (χ1v) is 4.44. The van der Waals surface area contributed by atoms with E-state index in [1.54, 1.807) is 0 Å². The van der Waals surface area contributed by atoms with Gasteiger partial charge in [-0.15, -0.1) is 12.8 Å². The molecule has 0 saturated carbocycles. The van der Waals surface area contributed by atoms with E-state index in [-0.39, 0.29) is 0 Å². The van der Waals surface area contributed by atoms with Crippen molar-refractivity contribution >= 4 is 0 Å². The lowest BCUT2D eigenvalue weighted by molar-refractivity contribution is 0.309. The average molecular weight is 176 g/mol. The SMILES string of the molecule is C#C.CCCCOc1ccccc1. The van der Waals surface area contributed by atoms with E-state index in [0.29, 0.717) is 0 Å². The molecule has 0 aliphatic carbocycles. The summed E-state index contributed by atoms with van der Waals surface area (Å²) in [5, 5.41) is 0. The van der Waals surface area contributed by atoms with Crippen LogP contribution >= 0.6 is 0 Å². The number of hydrogen-bond acceptors (Lipinski definition) is 1. The molecule has 0 heterocycles. The second-order valence-electron chi connectivity index (χ2n) is 2.52. The van der Waals surface area contributed by atoms with E-state index >= 15 is 0 Å². The molecule has 0 atom stereocenters. The Labute approximate surface area is 80.7 Å². The van der Waals surface area contributed by atoms with Crippen LogP contribution in [0.4, 0.5) is 0 Å². The van der Waals surface area contributed by atoms with Crippen molar-refractivity contribution in [3.05, 3.63) is 30.3 Å². The Morgan fingerprint density at radius 2 is 1.77 bits per heavy atom. The molecular formula is C12H16O. The monoisotopic (exact) mass is 176 g/mol. The van der Waals surface area contributed by atoms with E-state index in [1.165, 1.54) is 6.42 Å². The summed E-state index contributed by atoms with van der Waals surface area (Å²) < 4.78 is 5.45. The Balaban J connectivity index is 0.000000671. The van der Waals surface area contributed by atoms with Gasteiger partial charge in [0.2, 0.25) is 0 Å². The van der Waals surface area contributed by atoms with Crippen LogP contribution in [0.3, 0.4) is 0 Å². The topological polar surface area (TPSA) is 9.23 Å². The first-order valence-electron chi connectivity index (χ1n) is 4.44. The van der Waals surface area contributed by atoms with Crippen LogP contribution in [0.15, 0.2) is 30.3 Å². The van der Waals surface area contributed by atoms with E-state index in [9.17, 15) is 0 Å². The highest BCUT2D eigenvalue weighted by Gasteiger charge is 1.88. The van der Waals surface area contributed by atoms with E-state index in [1.807, 2.05) is 30.3 Å². The van der Waals surface area contributed by atoms with Gasteiger partial charge in [0, 0.05) is 0 Å². The largest absolute Gasteiger partial charge is 0.494 e. The summed E-state index contributed by atoms with van der Waals surface area (Å²) in [5.74, 6) is 0.973. The summed E-state index contributed by atoms with van der Waals surface area (Å²) >= 11 is 0. The highest BCUT2D eigenvalue weighted by Crippen LogP contribution is 2.08. The maximum Gasteiger partial charge on any atom is 0.119 e. The predicted octanol–water partition coefficient (Wildman–Crippen LogP) is 3.11. The predicted molar refractivity (Wildman–Crippen MR) is 56.7 cm³/mol. The molecule has 0 aliphatic heterocycles. The molecule has 0 fully saturated rings. The van der Waals surface area contributed by atoms with Crippen molar-refractivity contribution in [2.75, 3.05) is 6.61 Å². The van der Waals surface area contributed by atoms with Crippen LogP contribution in [0.25, 0.3) is 0 Å². The van der Waals surface area contributed by atoms with Gasteiger partial charge >= 0.3 is 0 Å². The summed E-state index contributed by atoms with van der Waals surface area (Å²) in [6, 6.07) is 9.93. The second kappa shape index (κ2) is 8.67. The van der Waals surface area contributed by atoms with Crippen LogP contribution in [0, 0.1) is 12.8 Å². The molecule has 0 amide bonds. The third kappa shape index (κ3) is 5.81. The molecule has 0 aliphatic rings. The van der Waals surface area contributed by atoms with Crippen molar-refractivity contribution in [2.24, 2.45) is 0 Å². The molecule has 0 bridgehead atoms. The summed E-state index contributed by atoms with van der Waals surface area (Å²) in [4.78, 5) is 0. The van der Waals surface area contributed by atoms with Gasteiger partial charge in [0.05, 0.1) is 6.61 Å². The summed E-state index contributed by atoms with van der Waals surface area (Å²) in [7, 11) is 0. The van der Waals surface area contributed by atoms with Crippen LogP contribution in [-0.4, -0.2) is 6.61 Å². The zero-order valence-corrected chi connectivity index (χ0v) is 8.07.